The number of aromatic nitrogens is 1. The maximum absolute atomic E-state index is 13.8. The molecule has 0 bridgehead atoms. The predicted molar refractivity (Wildman–Crippen MR) is 67.8 cm³/mol. The van der Waals surface area contributed by atoms with Crippen molar-refractivity contribution in [3.63, 3.8) is 0 Å². The van der Waals surface area contributed by atoms with Crippen LogP contribution in [0, 0.1) is 18.7 Å². The average Bonchev–Trinajstić information content (AvgIpc) is 2.19. The fourth-order valence-corrected chi connectivity index (χ4v) is 2.05. The Bertz CT molecular complexity index is 613. The van der Waals surface area contributed by atoms with Crippen LogP contribution in [0.4, 0.5) is 4.39 Å². The van der Waals surface area contributed by atoms with E-state index in [0.717, 1.165) is 17.7 Å². The predicted octanol–water partition coefficient (Wildman–Crippen LogP) is 3.17. The van der Waals surface area contributed by atoms with Crippen molar-refractivity contribution >= 4 is 10.9 Å². The van der Waals surface area contributed by atoms with Crippen molar-refractivity contribution in [1.82, 2.24) is 4.98 Å². The highest BCUT2D eigenvalue weighted by atomic mass is 19.1. The molecule has 0 saturated carbocycles. The summed E-state index contributed by atoms with van der Waals surface area (Å²) >= 11 is 0. The van der Waals surface area contributed by atoms with Crippen LogP contribution in [-0.2, 0) is 6.42 Å². The number of nitrogens with one attached hydrogen (secondary N) is 1. The van der Waals surface area contributed by atoms with Gasteiger partial charge in [-0.1, -0.05) is 13.8 Å². The van der Waals surface area contributed by atoms with E-state index in [2.05, 4.69) is 18.8 Å². The van der Waals surface area contributed by atoms with Gasteiger partial charge in [0.15, 0.2) is 5.43 Å². The second kappa shape index (κ2) is 4.32. The lowest BCUT2D eigenvalue weighted by Crippen LogP contribution is -2.08. The number of benzene rings is 1. The summed E-state index contributed by atoms with van der Waals surface area (Å²) in [6.07, 6.45) is 0.749. The molecule has 1 aromatic heterocycles. The largest absolute Gasteiger partial charge is 0.356 e. The average molecular weight is 233 g/mol. The lowest BCUT2D eigenvalue weighted by Gasteiger charge is -2.08. The van der Waals surface area contributed by atoms with Crippen LogP contribution in [0.3, 0.4) is 0 Å². The Morgan fingerprint density at radius 1 is 1.29 bits per heavy atom. The quantitative estimate of drug-likeness (QED) is 0.849. The summed E-state index contributed by atoms with van der Waals surface area (Å²) in [5.74, 6) is 0.0688. The molecule has 2 aromatic rings. The Labute approximate surface area is 99.5 Å². The summed E-state index contributed by atoms with van der Waals surface area (Å²) in [5.41, 5.74) is 1.76. The second-order valence-corrected chi connectivity index (χ2v) is 4.93. The Balaban J connectivity index is 2.69. The zero-order chi connectivity index (χ0) is 12.6. The molecule has 0 fully saturated rings. The zero-order valence-corrected chi connectivity index (χ0v) is 10.3. The molecule has 3 heteroatoms. The molecule has 1 heterocycles. The van der Waals surface area contributed by atoms with Gasteiger partial charge in [0, 0.05) is 17.1 Å². The number of rotatable bonds is 2. The lowest BCUT2D eigenvalue weighted by molar-refractivity contribution is 0.624. The minimum absolute atomic E-state index is 0.114. The van der Waals surface area contributed by atoms with Gasteiger partial charge in [0.1, 0.15) is 5.82 Å². The van der Waals surface area contributed by atoms with Crippen LogP contribution in [0.1, 0.15) is 25.1 Å². The van der Waals surface area contributed by atoms with Gasteiger partial charge in [-0.15, -0.1) is 0 Å². The summed E-state index contributed by atoms with van der Waals surface area (Å²) in [6.45, 7) is 5.91. The number of hydrogen-bond acceptors (Lipinski definition) is 1. The summed E-state index contributed by atoms with van der Waals surface area (Å²) in [7, 11) is 0. The first kappa shape index (κ1) is 11.8. The molecule has 0 aliphatic rings. The maximum Gasteiger partial charge on any atom is 0.189 e. The minimum Gasteiger partial charge on any atom is -0.356 e. The van der Waals surface area contributed by atoms with Crippen LogP contribution >= 0.6 is 0 Å². The fourth-order valence-electron chi connectivity index (χ4n) is 2.05. The summed E-state index contributed by atoms with van der Waals surface area (Å²) in [4.78, 5) is 14.9. The van der Waals surface area contributed by atoms with Crippen molar-refractivity contribution in [2.75, 3.05) is 0 Å². The Morgan fingerprint density at radius 2 is 2.00 bits per heavy atom. The van der Waals surface area contributed by atoms with Gasteiger partial charge in [-0.3, -0.25) is 4.79 Å². The molecule has 0 unspecified atom stereocenters. The van der Waals surface area contributed by atoms with Crippen molar-refractivity contribution in [1.29, 1.82) is 0 Å². The van der Waals surface area contributed by atoms with Gasteiger partial charge >= 0.3 is 0 Å². The SMILES string of the molecule is Cc1cc(F)c2[nH]c(CC(C)C)cc(=O)c2c1. The monoisotopic (exact) mass is 233 g/mol. The smallest absolute Gasteiger partial charge is 0.189 e. The molecule has 17 heavy (non-hydrogen) atoms. The van der Waals surface area contributed by atoms with E-state index in [4.69, 9.17) is 0 Å². The van der Waals surface area contributed by atoms with Gasteiger partial charge in [-0.05, 0) is 37.0 Å². The van der Waals surface area contributed by atoms with E-state index < -0.39 is 0 Å². The molecule has 0 saturated heterocycles. The van der Waals surface area contributed by atoms with Crippen LogP contribution in [0.2, 0.25) is 0 Å². The van der Waals surface area contributed by atoms with Gasteiger partial charge in [-0.2, -0.15) is 0 Å². The standard InChI is InChI=1S/C14H16FNO/c1-8(2)4-10-7-13(17)11-5-9(3)6-12(15)14(11)16-10/h5-8H,4H2,1-3H3,(H,16,17). The Morgan fingerprint density at radius 3 is 2.65 bits per heavy atom. The summed E-state index contributed by atoms with van der Waals surface area (Å²) < 4.78 is 13.8. The molecule has 90 valence electrons. The van der Waals surface area contributed by atoms with Crippen molar-refractivity contribution in [3.8, 4) is 0 Å². The van der Waals surface area contributed by atoms with E-state index in [1.165, 1.54) is 6.07 Å². The van der Waals surface area contributed by atoms with Gasteiger partial charge in [-0.25, -0.2) is 4.39 Å². The van der Waals surface area contributed by atoms with Gasteiger partial charge in [0.25, 0.3) is 0 Å². The molecule has 0 atom stereocenters. The number of aryl methyl sites for hydroxylation is 1. The molecule has 2 rings (SSSR count). The topological polar surface area (TPSA) is 32.9 Å². The molecule has 2 nitrogen and oxygen atoms in total. The van der Waals surface area contributed by atoms with E-state index in [0.29, 0.717) is 16.8 Å². The van der Waals surface area contributed by atoms with Crippen LogP contribution in [0.25, 0.3) is 10.9 Å². The third-order valence-electron chi connectivity index (χ3n) is 2.72. The highest BCUT2D eigenvalue weighted by Gasteiger charge is 2.08. The van der Waals surface area contributed by atoms with E-state index in [9.17, 15) is 9.18 Å². The molecular weight excluding hydrogens is 217 g/mol. The molecule has 0 spiro atoms. The Kier molecular flexibility index (Phi) is 3.01. The second-order valence-electron chi connectivity index (χ2n) is 4.93. The third-order valence-corrected chi connectivity index (χ3v) is 2.72. The summed E-state index contributed by atoms with van der Waals surface area (Å²) in [6, 6.07) is 4.73. The third kappa shape index (κ3) is 2.38. The minimum atomic E-state index is -0.359. The highest BCUT2D eigenvalue weighted by molar-refractivity contribution is 5.79. The van der Waals surface area contributed by atoms with Gasteiger partial charge in [0.2, 0.25) is 0 Å². The zero-order valence-electron chi connectivity index (χ0n) is 10.3. The number of halogens is 1. The number of aromatic amines is 1. The van der Waals surface area contributed by atoms with Crippen LogP contribution in [0.5, 0.6) is 0 Å². The van der Waals surface area contributed by atoms with Gasteiger partial charge in [0.05, 0.1) is 5.52 Å². The fraction of sp³-hybridized carbons (Fsp3) is 0.357. The number of hydrogen-bond donors (Lipinski definition) is 1. The number of H-pyrrole nitrogens is 1. The van der Waals surface area contributed by atoms with E-state index in [-0.39, 0.29) is 11.2 Å². The summed E-state index contributed by atoms with van der Waals surface area (Å²) in [5, 5.41) is 0.426. The van der Waals surface area contributed by atoms with Gasteiger partial charge < -0.3 is 4.98 Å². The molecule has 0 aliphatic carbocycles. The van der Waals surface area contributed by atoms with E-state index in [1.807, 2.05) is 0 Å². The first-order valence-electron chi connectivity index (χ1n) is 5.79. The number of pyridine rings is 1. The van der Waals surface area contributed by atoms with E-state index >= 15 is 0 Å². The maximum atomic E-state index is 13.8. The van der Waals surface area contributed by atoms with Crippen LogP contribution < -0.4 is 5.43 Å². The van der Waals surface area contributed by atoms with Crippen LogP contribution in [-0.4, -0.2) is 4.98 Å². The normalized spacial score (nSPS) is 11.4. The van der Waals surface area contributed by atoms with Crippen molar-refractivity contribution in [2.24, 2.45) is 5.92 Å². The first-order chi connectivity index (χ1) is 7.97. The van der Waals surface area contributed by atoms with E-state index in [1.54, 1.807) is 19.1 Å². The van der Waals surface area contributed by atoms with Crippen molar-refractivity contribution < 1.29 is 4.39 Å². The van der Waals surface area contributed by atoms with Crippen molar-refractivity contribution in [3.05, 3.63) is 45.5 Å². The first-order valence-corrected chi connectivity index (χ1v) is 5.79. The molecule has 1 N–H and O–H groups in total. The number of fused-ring (bicyclic) bond motifs is 1. The lowest BCUT2D eigenvalue weighted by atomic mass is 10.1. The highest BCUT2D eigenvalue weighted by Crippen LogP contribution is 2.16. The molecule has 1 aromatic carbocycles. The van der Waals surface area contributed by atoms with Crippen molar-refractivity contribution in [2.45, 2.75) is 27.2 Å². The molecular formula is C14H16FNO. The molecule has 0 radical (unpaired) electrons. The van der Waals surface area contributed by atoms with Crippen LogP contribution in [0.15, 0.2) is 23.0 Å². The molecule has 0 aliphatic heterocycles. The molecule has 0 amide bonds. The Hall–Kier alpha value is -1.64.